The van der Waals surface area contributed by atoms with E-state index < -0.39 is 5.60 Å². The Labute approximate surface area is 190 Å². The molecule has 0 unspecified atom stereocenters. The van der Waals surface area contributed by atoms with Crippen molar-refractivity contribution in [3.8, 4) is 11.4 Å². The van der Waals surface area contributed by atoms with Crippen LogP contribution >= 0.6 is 15.9 Å². The molecule has 9 heteroatoms. The van der Waals surface area contributed by atoms with Crippen molar-refractivity contribution in [2.45, 2.75) is 37.2 Å². The molecule has 1 aliphatic carbocycles. The molecule has 1 N–H and O–H groups in total. The van der Waals surface area contributed by atoms with Crippen LogP contribution in [0.3, 0.4) is 0 Å². The number of hydrogen-bond donors (Lipinski definition) is 1. The Hall–Kier alpha value is -3.20. The van der Waals surface area contributed by atoms with Crippen molar-refractivity contribution in [1.82, 2.24) is 24.9 Å². The minimum atomic E-state index is -0.578. The molecule has 1 aliphatic heterocycles. The Balaban J connectivity index is 1.26. The number of halogens is 2. The molecule has 2 aliphatic rings. The fourth-order valence-electron chi connectivity index (χ4n) is 4.77. The highest BCUT2D eigenvalue weighted by Crippen LogP contribution is 2.49. The van der Waals surface area contributed by atoms with Crippen molar-refractivity contribution in [1.29, 1.82) is 0 Å². The van der Waals surface area contributed by atoms with Crippen molar-refractivity contribution >= 4 is 33.1 Å². The summed E-state index contributed by atoms with van der Waals surface area (Å²) in [4.78, 5) is 33.6. The fourth-order valence-corrected chi connectivity index (χ4v) is 5.30. The quantitative estimate of drug-likeness (QED) is 0.393. The van der Waals surface area contributed by atoms with Gasteiger partial charge in [-0.15, -0.1) is 0 Å². The van der Waals surface area contributed by atoms with Gasteiger partial charge in [0.2, 0.25) is 0 Å². The molecule has 0 radical (unpaired) electrons. The molecule has 1 aromatic carbocycles. The SMILES string of the molecule is O=C1OC2(CCC(c3nc4nc(-c5ccc(F)cc5Br)ncc4[nH]3)CC2)c2cnccc21. The summed E-state index contributed by atoms with van der Waals surface area (Å²) in [5.74, 6) is 0.946. The van der Waals surface area contributed by atoms with Crippen molar-refractivity contribution < 1.29 is 13.9 Å². The molecule has 0 saturated heterocycles. The molecular formula is C23H17BrFN5O2. The average molecular weight is 494 g/mol. The highest BCUT2D eigenvalue weighted by atomic mass is 79.9. The van der Waals surface area contributed by atoms with E-state index in [-0.39, 0.29) is 17.7 Å². The maximum Gasteiger partial charge on any atom is 0.339 e. The Morgan fingerprint density at radius 1 is 1.12 bits per heavy atom. The molecule has 7 nitrogen and oxygen atoms in total. The third-order valence-corrected chi connectivity index (χ3v) is 7.09. The topological polar surface area (TPSA) is 93.6 Å². The smallest absolute Gasteiger partial charge is 0.339 e. The second kappa shape index (κ2) is 7.16. The van der Waals surface area contributed by atoms with Crippen molar-refractivity contribution in [2.24, 2.45) is 0 Å². The van der Waals surface area contributed by atoms with Gasteiger partial charge in [0.25, 0.3) is 0 Å². The first-order chi connectivity index (χ1) is 15.5. The van der Waals surface area contributed by atoms with Gasteiger partial charge >= 0.3 is 5.97 Å². The zero-order valence-electron chi connectivity index (χ0n) is 16.8. The van der Waals surface area contributed by atoms with Crippen LogP contribution < -0.4 is 0 Å². The van der Waals surface area contributed by atoms with Gasteiger partial charge in [-0.05, 0) is 65.9 Å². The lowest BCUT2D eigenvalue weighted by Gasteiger charge is -2.35. The van der Waals surface area contributed by atoms with Gasteiger partial charge in [0.05, 0.1) is 11.8 Å². The van der Waals surface area contributed by atoms with Crippen molar-refractivity contribution in [3.63, 3.8) is 0 Å². The molecule has 0 atom stereocenters. The van der Waals surface area contributed by atoms with Crippen LogP contribution in [0.25, 0.3) is 22.6 Å². The van der Waals surface area contributed by atoms with Crippen LogP contribution in [0.15, 0.2) is 47.3 Å². The summed E-state index contributed by atoms with van der Waals surface area (Å²) in [7, 11) is 0. The van der Waals surface area contributed by atoms with E-state index >= 15 is 0 Å². The monoisotopic (exact) mass is 493 g/mol. The number of aromatic nitrogens is 5. The minimum Gasteiger partial charge on any atom is -0.450 e. The number of esters is 1. The van der Waals surface area contributed by atoms with Gasteiger partial charge in [-0.25, -0.2) is 24.1 Å². The average Bonchev–Trinajstić information content (AvgIpc) is 3.33. The van der Waals surface area contributed by atoms with E-state index in [0.29, 0.717) is 27.1 Å². The number of aromatic amines is 1. The van der Waals surface area contributed by atoms with E-state index in [1.165, 1.54) is 12.1 Å². The van der Waals surface area contributed by atoms with Crippen LogP contribution in [0.2, 0.25) is 0 Å². The number of rotatable bonds is 2. The van der Waals surface area contributed by atoms with Gasteiger partial charge in [0.1, 0.15) is 22.8 Å². The normalized spacial score (nSPS) is 22.3. The van der Waals surface area contributed by atoms with E-state index in [2.05, 4.69) is 35.9 Å². The minimum absolute atomic E-state index is 0.204. The summed E-state index contributed by atoms with van der Waals surface area (Å²) in [6, 6.07) is 6.14. The summed E-state index contributed by atoms with van der Waals surface area (Å²) in [6.45, 7) is 0. The summed E-state index contributed by atoms with van der Waals surface area (Å²) in [6.07, 6.45) is 8.17. The van der Waals surface area contributed by atoms with Crippen molar-refractivity contribution in [3.05, 3.63) is 70.1 Å². The summed E-state index contributed by atoms with van der Waals surface area (Å²) >= 11 is 3.37. The molecular weight excluding hydrogens is 477 g/mol. The lowest BCUT2D eigenvalue weighted by molar-refractivity contribution is -0.0313. The van der Waals surface area contributed by atoms with Crippen LogP contribution in [0, 0.1) is 5.82 Å². The molecule has 1 saturated carbocycles. The van der Waals surface area contributed by atoms with Gasteiger partial charge < -0.3 is 9.72 Å². The molecule has 0 bridgehead atoms. The van der Waals surface area contributed by atoms with E-state index in [1.807, 2.05) is 0 Å². The number of carbonyl (C=O) groups is 1. The maximum absolute atomic E-state index is 13.4. The molecule has 0 amide bonds. The first kappa shape index (κ1) is 19.5. The van der Waals surface area contributed by atoms with Crippen LogP contribution in [-0.2, 0) is 10.3 Å². The number of hydrogen-bond acceptors (Lipinski definition) is 6. The van der Waals surface area contributed by atoms with Crippen LogP contribution in [0.5, 0.6) is 0 Å². The Kier molecular flexibility index (Phi) is 4.36. The van der Waals surface area contributed by atoms with Gasteiger partial charge in [0, 0.05) is 33.9 Å². The second-order valence-electron chi connectivity index (χ2n) is 8.26. The Bertz CT molecular complexity index is 1380. The van der Waals surface area contributed by atoms with Crippen molar-refractivity contribution in [2.75, 3.05) is 0 Å². The predicted octanol–water partition coefficient (Wildman–Crippen LogP) is 5.04. The first-order valence-corrected chi connectivity index (χ1v) is 11.2. The maximum atomic E-state index is 13.4. The zero-order chi connectivity index (χ0) is 21.9. The molecule has 3 aromatic heterocycles. The number of nitrogens with one attached hydrogen (secondary N) is 1. The largest absolute Gasteiger partial charge is 0.450 e. The molecule has 4 aromatic rings. The van der Waals surface area contributed by atoms with Crippen LogP contribution in [0.4, 0.5) is 4.39 Å². The number of H-pyrrole nitrogens is 1. The third-order valence-electron chi connectivity index (χ3n) is 6.43. The van der Waals surface area contributed by atoms with E-state index in [1.54, 1.807) is 30.7 Å². The number of ether oxygens (including phenoxy) is 1. The molecule has 1 fully saturated rings. The van der Waals surface area contributed by atoms with E-state index in [4.69, 9.17) is 9.72 Å². The Morgan fingerprint density at radius 2 is 1.97 bits per heavy atom. The third kappa shape index (κ3) is 3.02. The fraction of sp³-hybridized carbons (Fsp3) is 0.261. The summed E-state index contributed by atoms with van der Waals surface area (Å²) < 4.78 is 19.8. The molecule has 6 rings (SSSR count). The van der Waals surface area contributed by atoms with Gasteiger partial charge in [-0.2, -0.15) is 0 Å². The van der Waals surface area contributed by atoms with Gasteiger partial charge in [0.15, 0.2) is 11.5 Å². The molecule has 1 spiro atoms. The summed E-state index contributed by atoms with van der Waals surface area (Å²) in [5.41, 5.74) is 2.97. The van der Waals surface area contributed by atoms with E-state index in [9.17, 15) is 9.18 Å². The number of pyridine rings is 1. The Morgan fingerprint density at radius 3 is 2.78 bits per heavy atom. The van der Waals surface area contributed by atoms with Crippen LogP contribution in [0.1, 0.15) is 53.3 Å². The molecule has 160 valence electrons. The molecule has 4 heterocycles. The highest BCUT2D eigenvalue weighted by Gasteiger charge is 2.48. The first-order valence-electron chi connectivity index (χ1n) is 10.4. The number of carbonyl (C=O) groups excluding carboxylic acids is 1. The lowest BCUT2D eigenvalue weighted by atomic mass is 9.75. The van der Waals surface area contributed by atoms with Gasteiger partial charge in [-0.1, -0.05) is 0 Å². The number of fused-ring (bicyclic) bond motifs is 3. The highest BCUT2D eigenvalue weighted by molar-refractivity contribution is 9.10. The number of benzene rings is 1. The zero-order valence-corrected chi connectivity index (χ0v) is 18.4. The molecule has 32 heavy (non-hydrogen) atoms. The predicted molar refractivity (Wildman–Crippen MR) is 117 cm³/mol. The van der Waals surface area contributed by atoms with Crippen LogP contribution in [-0.4, -0.2) is 30.9 Å². The standard InChI is InChI=1S/C23H17BrFN5O2/c24-17-9-13(25)1-2-15(17)20-27-11-18-21(30-20)29-19(28-18)12-3-6-23(7-4-12)16-10-26-8-5-14(16)22(31)32-23/h1-2,5,8-12H,3-4,6-7H2,(H,27,28,29,30). The number of nitrogens with zero attached hydrogens (tertiary/aromatic N) is 4. The second-order valence-corrected chi connectivity index (χ2v) is 9.11. The number of imidazole rings is 1. The van der Waals surface area contributed by atoms with Gasteiger partial charge in [-0.3, -0.25) is 4.98 Å². The summed E-state index contributed by atoms with van der Waals surface area (Å²) in [5, 5.41) is 0. The lowest BCUT2D eigenvalue weighted by Crippen LogP contribution is -2.31. The van der Waals surface area contributed by atoms with E-state index in [0.717, 1.165) is 42.6 Å².